The number of para-hydroxylation sites is 1. The van der Waals surface area contributed by atoms with Crippen molar-refractivity contribution in [1.82, 2.24) is 5.32 Å². The molecular weight excluding hydrogens is 296 g/mol. The Morgan fingerprint density at radius 2 is 2.00 bits per heavy atom. The number of rotatable bonds is 5. The van der Waals surface area contributed by atoms with Gasteiger partial charge in [0.05, 0.1) is 18.2 Å². The van der Waals surface area contributed by atoms with Gasteiger partial charge in [-0.3, -0.25) is 9.59 Å². The third-order valence-electron chi connectivity index (χ3n) is 3.87. The van der Waals surface area contributed by atoms with E-state index in [4.69, 9.17) is 0 Å². The number of hydrogen-bond donors (Lipinski definition) is 1. The van der Waals surface area contributed by atoms with Crippen LogP contribution in [0.1, 0.15) is 16.9 Å². The van der Waals surface area contributed by atoms with Gasteiger partial charge in [0.15, 0.2) is 0 Å². The van der Waals surface area contributed by atoms with Gasteiger partial charge in [-0.15, -0.1) is 11.3 Å². The summed E-state index contributed by atoms with van der Waals surface area (Å²) in [6, 6.07) is 10.8. The normalized spacial score (nSPS) is 18.2. The number of benzene rings is 1. The SMILES string of the molecule is Cc1ccsc1CCN[C@@H]1CC(=O)N(c2ccccc2)C1=O. The van der Waals surface area contributed by atoms with E-state index in [1.807, 2.05) is 18.2 Å². The molecule has 0 spiro atoms. The third-order valence-corrected chi connectivity index (χ3v) is 4.95. The molecule has 1 atom stereocenters. The summed E-state index contributed by atoms with van der Waals surface area (Å²) >= 11 is 1.73. The van der Waals surface area contributed by atoms with Crippen LogP contribution in [0.5, 0.6) is 0 Å². The number of hydrogen-bond acceptors (Lipinski definition) is 4. The number of nitrogens with zero attached hydrogens (tertiary/aromatic N) is 1. The second kappa shape index (κ2) is 6.42. The van der Waals surface area contributed by atoms with Gasteiger partial charge in [0, 0.05) is 11.4 Å². The summed E-state index contributed by atoms with van der Waals surface area (Å²) in [5, 5.41) is 5.30. The quantitative estimate of drug-likeness (QED) is 0.863. The molecule has 0 unspecified atom stereocenters. The molecule has 0 radical (unpaired) electrons. The Kier molecular flexibility index (Phi) is 4.36. The Hall–Kier alpha value is -1.98. The first-order valence-corrected chi connectivity index (χ1v) is 8.23. The van der Waals surface area contributed by atoms with Crippen molar-refractivity contribution in [3.63, 3.8) is 0 Å². The fraction of sp³-hybridized carbons (Fsp3) is 0.294. The van der Waals surface area contributed by atoms with E-state index in [1.165, 1.54) is 15.3 Å². The highest BCUT2D eigenvalue weighted by molar-refractivity contribution is 7.10. The summed E-state index contributed by atoms with van der Waals surface area (Å²) in [5.74, 6) is -0.292. The van der Waals surface area contributed by atoms with Crippen LogP contribution in [-0.4, -0.2) is 24.4 Å². The molecule has 2 amide bonds. The number of thiophene rings is 1. The number of aryl methyl sites for hydroxylation is 1. The Morgan fingerprint density at radius 1 is 1.23 bits per heavy atom. The van der Waals surface area contributed by atoms with E-state index in [0.717, 1.165) is 6.42 Å². The van der Waals surface area contributed by atoms with Crippen LogP contribution in [0.3, 0.4) is 0 Å². The summed E-state index contributed by atoms with van der Waals surface area (Å²) < 4.78 is 0. The monoisotopic (exact) mass is 314 g/mol. The molecule has 1 fully saturated rings. The first kappa shape index (κ1) is 14.9. The van der Waals surface area contributed by atoms with Gasteiger partial charge in [0.1, 0.15) is 0 Å². The number of imide groups is 1. The first-order chi connectivity index (χ1) is 10.7. The molecule has 2 heterocycles. The zero-order valence-corrected chi connectivity index (χ0v) is 13.2. The molecule has 1 aliphatic rings. The summed E-state index contributed by atoms with van der Waals surface area (Å²) in [6.07, 6.45) is 1.12. The van der Waals surface area contributed by atoms with Crippen molar-refractivity contribution < 1.29 is 9.59 Å². The van der Waals surface area contributed by atoms with Crippen LogP contribution in [0.2, 0.25) is 0 Å². The molecule has 1 N–H and O–H groups in total. The van der Waals surface area contributed by atoms with Crippen molar-refractivity contribution in [3.05, 3.63) is 52.2 Å². The van der Waals surface area contributed by atoms with E-state index >= 15 is 0 Å². The highest BCUT2D eigenvalue weighted by atomic mass is 32.1. The summed E-state index contributed by atoms with van der Waals surface area (Å²) in [7, 11) is 0. The Labute approximate surface area is 133 Å². The number of carbonyl (C=O) groups is 2. The second-order valence-electron chi connectivity index (χ2n) is 5.39. The van der Waals surface area contributed by atoms with Gasteiger partial charge in [-0.2, -0.15) is 0 Å². The molecule has 0 bridgehead atoms. The van der Waals surface area contributed by atoms with Crippen LogP contribution in [0.4, 0.5) is 5.69 Å². The lowest BCUT2D eigenvalue weighted by Crippen LogP contribution is -2.39. The first-order valence-electron chi connectivity index (χ1n) is 7.35. The smallest absolute Gasteiger partial charge is 0.251 e. The molecule has 0 saturated carbocycles. The lowest BCUT2D eigenvalue weighted by Gasteiger charge is -2.15. The van der Waals surface area contributed by atoms with Crippen molar-refractivity contribution >= 4 is 28.8 Å². The van der Waals surface area contributed by atoms with E-state index < -0.39 is 6.04 Å². The zero-order valence-electron chi connectivity index (χ0n) is 12.4. The summed E-state index contributed by atoms with van der Waals surface area (Å²) in [5.41, 5.74) is 1.93. The fourth-order valence-electron chi connectivity index (χ4n) is 2.66. The van der Waals surface area contributed by atoms with Crippen molar-refractivity contribution in [2.75, 3.05) is 11.4 Å². The highest BCUT2D eigenvalue weighted by Gasteiger charge is 2.38. The van der Waals surface area contributed by atoms with Crippen LogP contribution < -0.4 is 10.2 Å². The Morgan fingerprint density at radius 3 is 2.68 bits per heavy atom. The van der Waals surface area contributed by atoms with Crippen LogP contribution in [0.15, 0.2) is 41.8 Å². The molecule has 114 valence electrons. The van der Waals surface area contributed by atoms with E-state index in [1.54, 1.807) is 23.5 Å². The van der Waals surface area contributed by atoms with Gasteiger partial charge in [0.25, 0.3) is 5.91 Å². The second-order valence-corrected chi connectivity index (χ2v) is 6.39. The molecule has 1 aliphatic heterocycles. The largest absolute Gasteiger partial charge is 0.305 e. The van der Waals surface area contributed by atoms with Crippen LogP contribution in [-0.2, 0) is 16.0 Å². The number of carbonyl (C=O) groups excluding carboxylic acids is 2. The molecule has 0 aliphatic carbocycles. The lowest BCUT2D eigenvalue weighted by atomic mass is 10.2. The molecule has 3 rings (SSSR count). The topological polar surface area (TPSA) is 49.4 Å². The van der Waals surface area contributed by atoms with Gasteiger partial charge in [-0.05, 0) is 42.5 Å². The maximum Gasteiger partial charge on any atom is 0.251 e. The van der Waals surface area contributed by atoms with Crippen molar-refractivity contribution in [3.8, 4) is 0 Å². The summed E-state index contributed by atoms with van der Waals surface area (Å²) in [6.45, 7) is 2.79. The van der Waals surface area contributed by atoms with Crippen LogP contribution in [0, 0.1) is 6.92 Å². The zero-order chi connectivity index (χ0) is 15.5. The molecule has 1 aromatic heterocycles. The molecule has 1 aromatic carbocycles. The minimum atomic E-state index is -0.409. The number of nitrogens with one attached hydrogen (secondary N) is 1. The summed E-state index contributed by atoms with van der Waals surface area (Å²) in [4.78, 5) is 27.1. The third kappa shape index (κ3) is 2.96. The van der Waals surface area contributed by atoms with Gasteiger partial charge >= 0.3 is 0 Å². The van der Waals surface area contributed by atoms with Gasteiger partial charge in [-0.25, -0.2) is 4.90 Å². The maximum absolute atomic E-state index is 12.4. The van der Waals surface area contributed by atoms with Crippen molar-refractivity contribution in [2.24, 2.45) is 0 Å². The molecular formula is C17H18N2O2S. The Balaban J connectivity index is 1.61. The predicted octanol–water partition coefficient (Wildman–Crippen LogP) is 2.52. The van der Waals surface area contributed by atoms with Gasteiger partial charge < -0.3 is 5.32 Å². The average molecular weight is 314 g/mol. The molecule has 22 heavy (non-hydrogen) atoms. The van der Waals surface area contributed by atoms with Crippen molar-refractivity contribution in [1.29, 1.82) is 0 Å². The van der Waals surface area contributed by atoms with Crippen LogP contribution >= 0.6 is 11.3 Å². The fourth-order valence-corrected chi connectivity index (χ4v) is 3.57. The van der Waals surface area contributed by atoms with E-state index in [9.17, 15) is 9.59 Å². The van der Waals surface area contributed by atoms with E-state index in [0.29, 0.717) is 12.2 Å². The lowest BCUT2D eigenvalue weighted by molar-refractivity contribution is -0.121. The van der Waals surface area contributed by atoms with Crippen molar-refractivity contribution in [2.45, 2.75) is 25.8 Å². The van der Waals surface area contributed by atoms with E-state index in [-0.39, 0.29) is 18.2 Å². The van der Waals surface area contributed by atoms with Crippen LogP contribution in [0.25, 0.3) is 0 Å². The molecule has 5 heteroatoms. The average Bonchev–Trinajstić information content (AvgIpc) is 3.04. The number of anilines is 1. The van der Waals surface area contributed by atoms with Gasteiger partial charge in [0.2, 0.25) is 5.91 Å². The molecule has 1 saturated heterocycles. The number of amides is 2. The Bertz CT molecular complexity index is 681. The maximum atomic E-state index is 12.4. The minimum Gasteiger partial charge on any atom is -0.305 e. The molecule has 2 aromatic rings. The highest BCUT2D eigenvalue weighted by Crippen LogP contribution is 2.22. The van der Waals surface area contributed by atoms with E-state index in [2.05, 4.69) is 23.7 Å². The minimum absolute atomic E-state index is 0.138. The van der Waals surface area contributed by atoms with Gasteiger partial charge in [-0.1, -0.05) is 18.2 Å². The standard InChI is InChI=1S/C17H18N2O2S/c1-12-8-10-22-15(12)7-9-18-14-11-16(20)19(17(14)21)13-5-3-2-4-6-13/h2-6,8,10,14,18H,7,9,11H2,1H3/t14-/m1/s1. The molecule has 4 nitrogen and oxygen atoms in total. The predicted molar refractivity (Wildman–Crippen MR) is 88.1 cm³/mol.